The van der Waals surface area contributed by atoms with Crippen LogP contribution < -0.4 is 15.0 Å². The van der Waals surface area contributed by atoms with Crippen LogP contribution in [-0.4, -0.2) is 36.2 Å². The van der Waals surface area contributed by atoms with Crippen LogP contribution in [0.5, 0.6) is 11.5 Å². The van der Waals surface area contributed by atoms with Gasteiger partial charge in [0.25, 0.3) is 5.91 Å². The second-order valence-corrected chi connectivity index (χ2v) is 11.4. The molecule has 10 heteroatoms. The molecule has 2 heterocycles. The van der Waals surface area contributed by atoms with E-state index in [2.05, 4.69) is 37.7 Å². The van der Waals surface area contributed by atoms with Gasteiger partial charge in [0.1, 0.15) is 37.3 Å². The maximum Gasteiger partial charge on any atom is 0.277 e. The number of pyridine rings is 1. The number of nitrogens with one attached hydrogen (secondary N) is 1. The summed E-state index contributed by atoms with van der Waals surface area (Å²) in [5.74, 6) is -3.12. The number of amides is 1. The third kappa shape index (κ3) is 8.20. The van der Waals surface area contributed by atoms with Crippen LogP contribution >= 0.6 is 0 Å². The summed E-state index contributed by atoms with van der Waals surface area (Å²) in [5.41, 5.74) is 3.14. The Kier molecular flexibility index (Phi) is 12.7. The number of anilines is 2. The summed E-state index contributed by atoms with van der Waals surface area (Å²) < 4.78 is 37.0. The van der Waals surface area contributed by atoms with Crippen LogP contribution in [0.25, 0.3) is 0 Å². The van der Waals surface area contributed by atoms with Gasteiger partial charge in [0, 0.05) is 17.0 Å². The number of benzene rings is 2. The number of nitrogens with zero attached hydrogens (tertiary/aromatic N) is 2. The molecule has 1 aliphatic heterocycles. The van der Waals surface area contributed by atoms with Crippen LogP contribution in [0.3, 0.4) is 0 Å². The first kappa shape index (κ1) is 36.3. The van der Waals surface area contributed by atoms with E-state index in [0.29, 0.717) is 40.3 Å². The molecule has 45 heavy (non-hydrogen) atoms. The fraction of sp³-hybridized carbons (Fsp3) is 0.314. The van der Waals surface area contributed by atoms with Gasteiger partial charge in [-0.25, -0.2) is 9.37 Å². The van der Waals surface area contributed by atoms with Gasteiger partial charge in [-0.1, -0.05) is 45.9 Å². The summed E-state index contributed by atoms with van der Waals surface area (Å²) >= 11 is 0. The van der Waals surface area contributed by atoms with E-state index < -0.39 is 23.6 Å². The first-order valence-electron chi connectivity index (χ1n) is 14.2. The van der Waals surface area contributed by atoms with Crippen LogP contribution in [0.2, 0.25) is 0 Å². The zero-order valence-corrected chi connectivity index (χ0v) is 26.7. The number of rotatable bonds is 8. The quantitative estimate of drug-likeness (QED) is 0.195. The SMILES string of the molecule is C=C(C)COc1ccc(C2C(C)=C(CC(C)(C)CC)Nc3c(O)cccc3N2C(=O)c2cccc(C)n2)c(F)c1F.C=O.C=O. The highest BCUT2D eigenvalue weighted by molar-refractivity contribution is 6.08. The Hall–Kier alpha value is -4.86. The number of halogens is 2. The molecular formula is C35H41F2N3O5. The molecule has 0 radical (unpaired) electrons. The summed E-state index contributed by atoms with van der Waals surface area (Å²) in [6.07, 6.45) is 1.38. The van der Waals surface area contributed by atoms with Gasteiger partial charge < -0.3 is 24.7 Å². The lowest BCUT2D eigenvalue weighted by Gasteiger charge is -2.33. The Bertz CT molecular complexity index is 1570. The molecule has 0 saturated heterocycles. The highest BCUT2D eigenvalue weighted by Gasteiger charge is 2.39. The first-order chi connectivity index (χ1) is 21.3. The largest absolute Gasteiger partial charge is 0.506 e. The van der Waals surface area contributed by atoms with E-state index >= 15 is 8.78 Å². The average molecular weight is 622 g/mol. The number of allylic oxidation sites excluding steroid dienone is 1. The number of fused-ring (bicyclic) bond motifs is 1. The van der Waals surface area contributed by atoms with Crippen LogP contribution in [0, 0.1) is 24.0 Å². The predicted octanol–water partition coefficient (Wildman–Crippen LogP) is 7.87. The van der Waals surface area contributed by atoms with Gasteiger partial charge in [-0.05, 0) is 80.2 Å². The number of aromatic hydroxyl groups is 1. The molecule has 2 aromatic carbocycles. The molecule has 1 aromatic heterocycles. The number of aromatic nitrogens is 1. The standard InChI is InChI=1S/C33H37F2N3O3.2CH2O/c1-8-33(6,7)17-24-21(5)31(22-15-16-27(29(35)28(22)34)41-18-19(2)3)38(25-13-10-14-26(39)30(25)37-24)32(40)23-12-9-11-20(4)36-23;2*1-2/h9-16,31,37,39H,2,8,17-18H2,1,3-7H3;2*1H2. The van der Waals surface area contributed by atoms with E-state index in [1.807, 2.05) is 13.6 Å². The van der Waals surface area contributed by atoms with Crippen molar-refractivity contribution in [2.24, 2.45) is 5.41 Å². The fourth-order valence-electron chi connectivity index (χ4n) is 4.85. The van der Waals surface area contributed by atoms with Crippen molar-refractivity contribution in [2.75, 3.05) is 16.8 Å². The van der Waals surface area contributed by atoms with Crippen molar-refractivity contribution in [3.8, 4) is 11.5 Å². The molecule has 2 N–H and O–H groups in total. The van der Waals surface area contributed by atoms with Gasteiger partial charge in [-0.2, -0.15) is 4.39 Å². The Morgan fingerprint density at radius 1 is 1.04 bits per heavy atom. The van der Waals surface area contributed by atoms with Gasteiger partial charge in [0.15, 0.2) is 11.6 Å². The van der Waals surface area contributed by atoms with Gasteiger partial charge in [-0.15, -0.1) is 0 Å². The van der Waals surface area contributed by atoms with E-state index in [1.165, 1.54) is 23.1 Å². The van der Waals surface area contributed by atoms with Gasteiger partial charge in [0.05, 0.1) is 11.7 Å². The molecule has 0 aliphatic carbocycles. The predicted molar refractivity (Wildman–Crippen MR) is 173 cm³/mol. The zero-order chi connectivity index (χ0) is 34.1. The summed E-state index contributed by atoms with van der Waals surface area (Å²) in [6.45, 7) is 19.4. The van der Waals surface area contributed by atoms with E-state index in [9.17, 15) is 9.90 Å². The number of phenolic OH excluding ortho intramolecular Hbond substituents is 1. The van der Waals surface area contributed by atoms with Crippen molar-refractivity contribution >= 4 is 30.9 Å². The van der Waals surface area contributed by atoms with E-state index in [0.717, 1.165) is 6.42 Å². The van der Waals surface area contributed by atoms with E-state index in [1.54, 1.807) is 51.1 Å². The van der Waals surface area contributed by atoms with E-state index in [4.69, 9.17) is 14.3 Å². The Balaban J connectivity index is 0.00000169. The normalized spacial score (nSPS) is 14.0. The third-order valence-electron chi connectivity index (χ3n) is 7.48. The van der Waals surface area contributed by atoms with Gasteiger partial charge in [-0.3, -0.25) is 9.69 Å². The molecule has 240 valence electrons. The monoisotopic (exact) mass is 621 g/mol. The Labute approximate surface area is 263 Å². The first-order valence-corrected chi connectivity index (χ1v) is 14.2. The lowest BCUT2D eigenvalue weighted by molar-refractivity contribution is -0.0987. The summed E-state index contributed by atoms with van der Waals surface area (Å²) in [6, 6.07) is 11.6. The maximum absolute atomic E-state index is 16.0. The minimum Gasteiger partial charge on any atom is -0.506 e. The number of hydrogen-bond donors (Lipinski definition) is 2. The average Bonchev–Trinajstić information content (AvgIpc) is 3.14. The maximum atomic E-state index is 16.0. The molecule has 3 aromatic rings. The third-order valence-corrected chi connectivity index (χ3v) is 7.48. The van der Waals surface area contributed by atoms with Gasteiger partial charge in [0.2, 0.25) is 5.82 Å². The number of carbonyl (C=O) groups excluding carboxylic acids is 3. The fourth-order valence-corrected chi connectivity index (χ4v) is 4.85. The van der Waals surface area contributed by atoms with Crippen LogP contribution in [0.15, 0.2) is 72.0 Å². The summed E-state index contributed by atoms with van der Waals surface area (Å²) in [5, 5.41) is 14.3. The minimum atomic E-state index is -1.15. The number of ether oxygens (including phenoxy) is 1. The topological polar surface area (TPSA) is 109 Å². The number of aryl methyl sites for hydroxylation is 1. The number of phenols is 1. The van der Waals surface area contributed by atoms with Crippen LogP contribution in [0.1, 0.15) is 75.2 Å². The van der Waals surface area contributed by atoms with Crippen molar-refractivity contribution in [2.45, 2.75) is 60.4 Å². The zero-order valence-electron chi connectivity index (χ0n) is 26.7. The Morgan fingerprint density at radius 2 is 1.69 bits per heavy atom. The molecule has 4 rings (SSSR count). The lowest BCUT2D eigenvalue weighted by atomic mass is 9.83. The highest BCUT2D eigenvalue weighted by Crippen LogP contribution is 2.48. The lowest BCUT2D eigenvalue weighted by Crippen LogP contribution is -2.37. The molecule has 1 unspecified atom stereocenters. The Morgan fingerprint density at radius 3 is 2.29 bits per heavy atom. The van der Waals surface area contributed by atoms with Crippen molar-refractivity contribution in [3.63, 3.8) is 0 Å². The number of carbonyl (C=O) groups is 3. The second-order valence-electron chi connectivity index (χ2n) is 11.4. The van der Waals surface area contributed by atoms with E-state index in [-0.39, 0.29) is 34.8 Å². The molecule has 8 nitrogen and oxygen atoms in total. The molecule has 1 atom stereocenters. The molecule has 1 amide bonds. The minimum absolute atomic E-state index is 0.0362. The molecule has 1 aliphatic rings. The molecule has 0 fully saturated rings. The van der Waals surface area contributed by atoms with Crippen molar-refractivity contribution < 1.29 is 33.0 Å². The molecule has 0 saturated carbocycles. The molecule has 0 spiro atoms. The number of para-hydroxylation sites is 1. The number of hydrogen-bond acceptors (Lipinski definition) is 7. The highest BCUT2D eigenvalue weighted by atomic mass is 19.2. The summed E-state index contributed by atoms with van der Waals surface area (Å²) in [4.78, 5) is 36.1. The van der Waals surface area contributed by atoms with Crippen molar-refractivity contribution in [3.05, 3.63) is 101 Å². The molecular weight excluding hydrogens is 580 g/mol. The smallest absolute Gasteiger partial charge is 0.277 e. The second kappa shape index (κ2) is 15.7. The van der Waals surface area contributed by atoms with Crippen molar-refractivity contribution in [1.29, 1.82) is 0 Å². The molecule has 0 bridgehead atoms. The summed E-state index contributed by atoms with van der Waals surface area (Å²) in [7, 11) is 0. The van der Waals surface area contributed by atoms with Crippen LogP contribution in [-0.2, 0) is 9.59 Å². The van der Waals surface area contributed by atoms with Crippen LogP contribution in [0.4, 0.5) is 20.2 Å². The van der Waals surface area contributed by atoms with Crippen molar-refractivity contribution in [1.82, 2.24) is 4.98 Å². The van der Waals surface area contributed by atoms with Gasteiger partial charge >= 0.3 is 0 Å².